The Hall–Kier alpha value is -1.50. The Morgan fingerprint density at radius 2 is 2.00 bits per heavy atom. The van der Waals surface area contributed by atoms with Gasteiger partial charge in [0.1, 0.15) is 5.60 Å². The minimum Gasteiger partial charge on any atom is -0.467 e. The first-order valence-electron chi connectivity index (χ1n) is 5.86. The van der Waals surface area contributed by atoms with Gasteiger partial charge in [-0.3, -0.25) is 0 Å². The van der Waals surface area contributed by atoms with E-state index in [1.165, 1.54) is 7.11 Å². The van der Waals surface area contributed by atoms with Gasteiger partial charge in [-0.25, -0.2) is 14.8 Å². The van der Waals surface area contributed by atoms with Crippen molar-refractivity contribution in [2.45, 2.75) is 31.3 Å². The van der Waals surface area contributed by atoms with Crippen molar-refractivity contribution < 1.29 is 14.3 Å². The number of carbonyl (C=O) groups is 1. The highest BCUT2D eigenvalue weighted by Gasteiger charge is 2.15. The number of nitrogens with zero attached hydrogens (tertiary/aromatic N) is 2. The molecule has 7 heteroatoms. The zero-order valence-electron chi connectivity index (χ0n) is 11.6. The summed E-state index contributed by atoms with van der Waals surface area (Å²) in [5.41, 5.74) is -0.471. The Morgan fingerprint density at radius 1 is 1.37 bits per heavy atom. The van der Waals surface area contributed by atoms with Gasteiger partial charge in [-0.2, -0.15) is 0 Å². The molecule has 0 radical (unpaired) electrons. The fourth-order valence-corrected chi connectivity index (χ4v) is 1.81. The first-order valence-corrected chi connectivity index (χ1v) is 6.85. The fourth-order valence-electron chi connectivity index (χ4n) is 1.12. The maximum atomic E-state index is 11.4. The number of alkyl carbamates (subject to hydrolysis) is 1. The summed E-state index contributed by atoms with van der Waals surface area (Å²) in [4.78, 5) is 20.3. The average molecular weight is 285 g/mol. The second kappa shape index (κ2) is 7.18. The Kier molecular flexibility index (Phi) is 5.88. The number of methoxy groups -OCH3 is 1. The van der Waals surface area contributed by atoms with Crippen LogP contribution in [0.3, 0.4) is 0 Å². The summed E-state index contributed by atoms with van der Waals surface area (Å²) in [5, 5.41) is 2.68. The highest BCUT2D eigenvalue weighted by molar-refractivity contribution is 7.99. The SMILES string of the molecule is COc1ncc(SCCNC(=O)OC(C)(C)C)cn1. The van der Waals surface area contributed by atoms with Crippen molar-refractivity contribution in [1.82, 2.24) is 15.3 Å². The Morgan fingerprint density at radius 3 is 2.53 bits per heavy atom. The van der Waals surface area contributed by atoms with Crippen molar-refractivity contribution in [3.8, 4) is 6.01 Å². The smallest absolute Gasteiger partial charge is 0.407 e. The molecule has 0 spiro atoms. The Labute approximate surface area is 117 Å². The average Bonchev–Trinajstić information content (AvgIpc) is 2.33. The van der Waals surface area contributed by atoms with E-state index in [2.05, 4.69) is 15.3 Å². The molecule has 1 amide bonds. The standard InChI is InChI=1S/C12H19N3O3S/c1-12(2,3)18-11(16)13-5-6-19-9-7-14-10(17-4)15-8-9/h7-8H,5-6H2,1-4H3,(H,13,16). The van der Waals surface area contributed by atoms with Crippen molar-refractivity contribution >= 4 is 17.9 Å². The van der Waals surface area contributed by atoms with Crippen LogP contribution < -0.4 is 10.1 Å². The third kappa shape index (κ3) is 6.85. The van der Waals surface area contributed by atoms with Gasteiger partial charge in [-0.05, 0) is 20.8 Å². The van der Waals surface area contributed by atoms with E-state index in [0.29, 0.717) is 12.6 Å². The number of ether oxygens (including phenoxy) is 2. The maximum absolute atomic E-state index is 11.4. The predicted octanol–water partition coefficient (Wildman–Crippen LogP) is 2.10. The van der Waals surface area contributed by atoms with E-state index in [1.54, 1.807) is 24.2 Å². The van der Waals surface area contributed by atoms with Crippen LogP contribution in [0.15, 0.2) is 17.3 Å². The summed E-state index contributed by atoms with van der Waals surface area (Å²) in [6.45, 7) is 6.01. The molecule has 0 unspecified atom stereocenters. The highest BCUT2D eigenvalue weighted by Crippen LogP contribution is 2.16. The molecule has 0 aliphatic rings. The number of amides is 1. The number of carbonyl (C=O) groups excluding carboxylic acids is 1. The Balaban J connectivity index is 2.21. The second-order valence-corrected chi connectivity index (χ2v) is 5.85. The molecule has 1 aromatic rings. The molecule has 1 rings (SSSR count). The fraction of sp³-hybridized carbons (Fsp3) is 0.583. The summed E-state index contributed by atoms with van der Waals surface area (Å²) in [5.74, 6) is 0.717. The van der Waals surface area contributed by atoms with Gasteiger partial charge in [0.15, 0.2) is 0 Å². The van der Waals surface area contributed by atoms with Crippen LogP contribution in [0.2, 0.25) is 0 Å². The molecule has 1 N–H and O–H groups in total. The minimum absolute atomic E-state index is 0.344. The number of rotatable bonds is 5. The molecular formula is C12H19N3O3S. The first-order chi connectivity index (χ1) is 8.90. The minimum atomic E-state index is -0.471. The molecule has 1 heterocycles. The third-order valence-corrected chi connectivity index (χ3v) is 2.78. The van der Waals surface area contributed by atoms with E-state index < -0.39 is 11.7 Å². The van der Waals surface area contributed by atoms with E-state index in [9.17, 15) is 4.79 Å². The molecule has 0 saturated carbocycles. The first kappa shape index (κ1) is 15.6. The molecule has 19 heavy (non-hydrogen) atoms. The molecule has 0 atom stereocenters. The van der Waals surface area contributed by atoms with Crippen molar-refractivity contribution in [3.63, 3.8) is 0 Å². The molecule has 0 saturated heterocycles. The summed E-state index contributed by atoms with van der Waals surface area (Å²) in [6, 6.07) is 0.344. The number of nitrogens with one attached hydrogen (secondary N) is 1. The third-order valence-electron chi connectivity index (χ3n) is 1.83. The van der Waals surface area contributed by atoms with Crippen LogP contribution in [0.25, 0.3) is 0 Å². The van der Waals surface area contributed by atoms with Crippen LogP contribution in [-0.4, -0.2) is 41.1 Å². The highest BCUT2D eigenvalue weighted by atomic mass is 32.2. The summed E-state index contributed by atoms with van der Waals surface area (Å²) in [6.07, 6.45) is 2.97. The van der Waals surface area contributed by atoms with Gasteiger partial charge in [-0.1, -0.05) is 0 Å². The number of hydrogen-bond donors (Lipinski definition) is 1. The summed E-state index contributed by atoms with van der Waals surface area (Å²) >= 11 is 1.55. The van der Waals surface area contributed by atoms with E-state index in [4.69, 9.17) is 9.47 Å². The second-order valence-electron chi connectivity index (χ2n) is 4.68. The Bertz CT molecular complexity index is 404. The van der Waals surface area contributed by atoms with E-state index in [1.807, 2.05) is 20.8 Å². The normalized spacial score (nSPS) is 10.9. The van der Waals surface area contributed by atoms with Crippen molar-refractivity contribution in [2.24, 2.45) is 0 Å². The van der Waals surface area contributed by atoms with Crippen molar-refractivity contribution in [1.29, 1.82) is 0 Å². The molecule has 0 aliphatic heterocycles. The molecule has 0 aliphatic carbocycles. The lowest BCUT2D eigenvalue weighted by Crippen LogP contribution is -2.33. The van der Waals surface area contributed by atoms with Gasteiger partial charge in [-0.15, -0.1) is 11.8 Å². The lowest BCUT2D eigenvalue weighted by molar-refractivity contribution is 0.0531. The number of hydrogen-bond acceptors (Lipinski definition) is 6. The van der Waals surface area contributed by atoms with E-state index in [0.717, 1.165) is 10.6 Å². The van der Waals surface area contributed by atoms with Gasteiger partial charge < -0.3 is 14.8 Å². The monoisotopic (exact) mass is 285 g/mol. The van der Waals surface area contributed by atoms with Crippen molar-refractivity contribution in [2.75, 3.05) is 19.4 Å². The summed E-state index contributed by atoms with van der Waals surface area (Å²) in [7, 11) is 1.52. The molecule has 6 nitrogen and oxygen atoms in total. The summed E-state index contributed by atoms with van der Waals surface area (Å²) < 4.78 is 9.99. The topological polar surface area (TPSA) is 73.3 Å². The largest absolute Gasteiger partial charge is 0.467 e. The molecular weight excluding hydrogens is 266 g/mol. The van der Waals surface area contributed by atoms with Crippen molar-refractivity contribution in [3.05, 3.63) is 12.4 Å². The van der Waals surface area contributed by atoms with Crippen LogP contribution in [-0.2, 0) is 4.74 Å². The molecule has 0 fully saturated rings. The number of aromatic nitrogens is 2. The molecule has 1 aromatic heterocycles. The molecule has 0 bridgehead atoms. The quantitative estimate of drug-likeness (QED) is 0.659. The van der Waals surface area contributed by atoms with E-state index in [-0.39, 0.29) is 0 Å². The van der Waals surface area contributed by atoms with Gasteiger partial charge in [0.25, 0.3) is 0 Å². The van der Waals surface area contributed by atoms with Crippen LogP contribution in [0, 0.1) is 0 Å². The number of thioether (sulfide) groups is 1. The van der Waals surface area contributed by atoms with Crippen LogP contribution in [0.5, 0.6) is 6.01 Å². The van der Waals surface area contributed by atoms with Gasteiger partial charge in [0.2, 0.25) is 0 Å². The van der Waals surface area contributed by atoms with E-state index >= 15 is 0 Å². The van der Waals surface area contributed by atoms with Crippen LogP contribution in [0.4, 0.5) is 4.79 Å². The predicted molar refractivity (Wildman–Crippen MR) is 73.5 cm³/mol. The zero-order valence-corrected chi connectivity index (χ0v) is 12.4. The molecule has 106 valence electrons. The van der Waals surface area contributed by atoms with Gasteiger partial charge >= 0.3 is 12.1 Å². The molecule has 0 aromatic carbocycles. The zero-order chi connectivity index (χ0) is 14.3. The lowest BCUT2D eigenvalue weighted by Gasteiger charge is -2.19. The van der Waals surface area contributed by atoms with Crippen LogP contribution in [0.1, 0.15) is 20.8 Å². The maximum Gasteiger partial charge on any atom is 0.407 e. The van der Waals surface area contributed by atoms with Gasteiger partial charge in [0, 0.05) is 29.6 Å². The van der Waals surface area contributed by atoms with Gasteiger partial charge in [0.05, 0.1) is 7.11 Å². The van der Waals surface area contributed by atoms with Crippen LogP contribution >= 0.6 is 11.8 Å². The lowest BCUT2D eigenvalue weighted by atomic mass is 10.2.